The van der Waals surface area contributed by atoms with Crippen molar-refractivity contribution in [1.82, 2.24) is 15.4 Å². The van der Waals surface area contributed by atoms with Gasteiger partial charge in [-0.05, 0) is 38.0 Å². The van der Waals surface area contributed by atoms with Crippen molar-refractivity contribution >= 4 is 11.8 Å². The quantitative estimate of drug-likeness (QED) is 0.935. The molecule has 0 radical (unpaired) electrons. The fourth-order valence-corrected chi connectivity index (χ4v) is 2.75. The lowest BCUT2D eigenvalue weighted by atomic mass is 10.0. The van der Waals surface area contributed by atoms with Gasteiger partial charge in [0.25, 0.3) is 11.8 Å². The minimum atomic E-state index is -0.439. The Morgan fingerprint density at radius 3 is 2.67 bits per heavy atom. The van der Waals surface area contributed by atoms with Crippen LogP contribution < -0.4 is 5.32 Å². The predicted octanol–water partition coefficient (Wildman–Crippen LogP) is 2.16. The molecule has 0 spiro atoms. The molecule has 7 heteroatoms. The highest BCUT2D eigenvalue weighted by Crippen LogP contribution is 2.15. The number of carbonyl (C=O) groups excluding carboxylic acids is 2. The first kappa shape index (κ1) is 16.2. The van der Waals surface area contributed by atoms with Gasteiger partial charge in [0.2, 0.25) is 0 Å². The van der Waals surface area contributed by atoms with Gasteiger partial charge in [0.15, 0.2) is 5.69 Å². The lowest BCUT2D eigenvalue weighted by molar-refractivity contribution is 0.0688. The van der Waals surface area contributed by atoms with Crippen molar-refractivity contribution in [2.75, 3.05) is 13.1 Å². The van der Waals surface area contributed by atoms with Crippen LogP contribution in [0.3, 0.4) is 0 Å². The molecule has 0 saturated carbocycles. The normalized spacial score (nSPS) is 15.3. The van der Waals surface area contributed by atoms with Crippen LogP contribution in [0.1, 0.15) is 39.4 Å². The first-order valence-electron chi connectivity index (χ1n) is 7.82. The smallest absolute Gasteiger partial charge is 0.276 e. The van der Waals surface area contributed by atoms with Gasteiger partial charge in [0.1, 0.15) is 11.6 Å². The predicted molar refractivity (Wildman–Crippen MR) is 84.0 cm³/mol. The van der Waals surface area contributed by atoms with Gasteiger partial charge >= 0.3 is 0 Å². The number of hydrogen-bond acceptors (Lipinski definition) is 4. The fraction of sp³-hybridized carbons (Fsp3) is 0.353. The van der Waals surface area contributed by atoms with Gasteiger partial charge < -0.3 is 14.7 Å². The Bertz CT molecular complexity index is 751. The van der Waals surface area contributed by atoms with Crippen molar-refractivity contribution in [1.29, 1.82) is 0 Å². The lowest BCUT2D eigenvalue weighted by Gasteiger charge is -2.31. The highest BCUT2D eigenvalue weighted by molar-refractivity contribution is 5.94. The van der Waals surface area contributed by atoms with Crippen LogP contribution in [0.5, 0.6) is 0 Å². The van der Waals surface area contributed by atoms with E-state index in [0.29, 0.717) is 42.9 Å². The molecule has 0 unspecified atom stereocenters. The average Bonchev–Trinajstić information content (AvgIpc) is 3.01. The zero-order valence-electron chi connectivity index (χ0n) is 13.3. The summed E-state index contributed by atoms with van der Waals surface area (Å²) in [4.78, 5) is 26.1. The van der Waals surface area contributed by atoms with E-state index in [1.807, 2.05) is 0 Å². The maximum atomic E-state index is 13.2. The summed E-state index contributed by atoms with van der Waals surface area (Å²) in [5, 5.41) is 6.62. The number of halogens is 1. The van der Waals surface area contributed by atoms with Gasteiger partial charge in [-0.3, -0.25) is 9.59 Å². The van der Waals surface area contributed by atoms with E-state index in [9.17, 15) is 14.0 Å². The van der Waals surface area contributed by atoms with Crippen LogP contribution >= 0.6 is 0 Å². The van der Waals surface area contributed by atoms with E-state index in [1.165, 1.54) is 18.2 Å². The molecule has 2 aromatic rings. The molecule has 1 aromatic carbocycles. The van der Waals surface area contributed by atoms with Gasteiger partial charge in [-0.25, -0.2) is 4.39 Å². The molecule has 6 nitrogen and oxygen atoms in total. The summed E-state index contributed by atoms with van der Waals surface area (Å²) >= 11 is 0. The van der Waals surface area contributed by atoms with Crippen molar-refractivity contribution in [3.63, 3.8) is 0 Å². The van der Waals surface area contributed by atoms with E-state index in [2.05, 4.69) is 10.5 Å². The number of nitrogens with zero attached hydrogens (tertiary/aromatic N) is 2. The Morgan fingerprint density at radius 2 is 2.04 bits per heavy atom. The van der Waals surface area contributed by atoms with E-state index in [1.54, 1.807) is 24.0 Å². The molecule has 2 amide bonds. The fourth-order valence-electron chi connectivity index (χ4n) is 2.75. The molecule has 1 fully saturated rings. The van der Waals surface area contributed by atoms with Crippen molar-refractivity contribution < 1.29 is 18.5 Å². The topological polar surface area (TPSA) is 75.4 Å². The summed E-state index contributed by atoms with van der Waals surface area (Å²) in [6.45, 7) is 2.79. The van der Waals surface area contributed by atoms with Crippen molar-refractivity contribution in [2.24, 2.45) is 0 Å². The van der Waals surface area contributed by atoms with Crippen LogP contribution in [0.25, 0.3) is 0 Å². The Morgan fingerprint density at radius 1 is 1.29 bits per heavy atom. The highest BCUT2D eigenvalue weighted by atomic mass is 19.1. The van der Waals surface area contributed by atoms with Crippen molar-refractivity contribution in [3.8, 4) is 0 Å². The number of amides is 2. The summed E-state index contributed by atoms with van der Waals surface area (Å²) in [5.74, 6) is -0.310. The number of hydrogen-bond donors (Lipinski definition) is 1. The molecule has 1 aromatic heterocycles. The van der Waals surface area contributed by atoms with Gasteiger partial charge in [0, 0.05) is 30.8 Å². The minimum Gasteiger partial charge on any atom is -0.361 e. The number of carbonyl (C=O) groups is 2. The van der Waals surface area contributed by atoms with Crippen LogP contribution in [-0.4, -0.2) is 41.0 Å². The maximum absolute atomic E-state index is 13.2. The summed E-state index contributed by atoms with van der Waals surface area (Å²) in [7, 11) is 0. The van der Waals surface area contributed by atoms with Gasteiger partial charge in [-0.2, -0.15) is 0 Å². The third-order valence-corrected chi connectivity index (χ3v) is 4.05. The molecule has 2 heterocycles. The number of benzene rings is 1. The van der Waals surface area contributed by atoms with Crippen molar-refractivity contribution in [3.05, 3.63) is 53.2 Å². The van der Waals surface area contributed by atoms with Crippen molar-refractivity contribution in [2.45, 2.75) is 25.8 Å². The molecule has 126 valence electrons. The third-order valence-electron chi connectivity index (χ3n) is 4.05. The zero-order valence-corrected chi connectivity index (χ0v) is 13.3. The second kappa shape index (κ2) is 6.82. The highest BCUT2D eigenvalue weighted by Gasteiger charge is 2.26. The molecular formula is C17H18FN3O3. The number of nitrogens with one attached hydrogen (secondary N) is 1. The SMILES string of the molecule is Cc1cc(C(=O)N2CCC(NC(=O)c3cccc(F)c3)CC2)no1. The first-order valence-corrected chi connectivity index (χ1v) is 7.82. The third kappa shape index (κ3) is 3.61. The molecule has 0 bridgehead atoms. The van der Waals surface area contributed by atoms with E-state index in [4.69, 9.17) is 4.52 Å². The van der Waals surface area contributed by atoms with Crippen LogP contribution in [0.4, 0.5) is 4.39 Å². The Labute approximate surface area is 138 Å². The molecule has 0 atom stereocenters. The number of aryl methyl sites for hydroxylation is 1. The summed E-state index contributed by atoms with van der Waals surface area (Å²) < 4.78 is 18.1. The van der Waals surface area contributed by atoms with Gasteiger partial charge in [-0.15, -0.1) is 0 Å². The monoisotopic (exact) mass is 331 g/mol. The second-order valence-corrected chi connectivity index (χ2v) is 5.87. The zero-order chi connectivity index (χ0) is 17.1. The number of aromatic nitrogens is 1. The van der Waals surface area contributed by atoms with Crippen LogP contribution in [0.15, 0.2) is 34.9 Å². The molecule has 1 aliphatic rings. The molecule has 1 N–H and O–H groups in total. The summed E-state index contributed by atoms with van der Waals surface area (Å²) in [6.07, 6.45) is 1.28. The number of likely N-dealkylation sites (tertiary alicyclic amines) is 1. The standard InChI is InChI=1S/C17H18FN3O3/c1-11-9-15(20-24-11)17(23)21-7-5-14(6-8-21)19-16(22)12-3-2-4-13(18)10-12/h2-4,9-10,14H,5-8H2,1H3,(H,19,22). The molecule has 3 rings (SSSR count). The van der Waals surface area contributed by atoms with E-state index in [-0.39, 0.29) is 17.9 Å². The maximum Gasteiger partial charge on any atom is 0.276 e. The van der Waals surface area contributed by atoms with Gasteiger partial charge in [-0.1, -0.05) is 11.2 Å². The first-order chi connectivity index (χ1) is 11.5. The molecular weight excluding hydrogens is 313 g/mol. The van der Waals surface area contributed by atoms with E-state index >= 15 is 0 Å². The summed E-state index contributed by atoms with van der Waals surface area (Å²) in [6, 6.07) is 7.16. The Balaban J connectivity index is 1.53. The summed E-state index contributed by atoms with van der Waals surface area (Å²) in [5.41, 5.74) is 0.598. The Hall–Kier alpha value is -2.70. The minimum absolute atomic E-state index is 0.0381. The van der Waals surface area contributed by atoms with E-state index < -0.39 is 5.82 Å². The second-order valence-electron chi connectivity index (χ2n) is 5.87. The molecule has 0 aliphatic carbocycles. The lowest BCUT2D eigenvalue weighted by Crippen LogP contribution is -2.46. The van der Waals surface area contributed by atoms with Gasteiger partial charge in [0.05, 0.1) is 0 Å². The van der Waals surface area contributed by atoms with Crippen LogP contribution in [-0.2, 0) is 0 Å². The average molecular weight is 331 g/mol. The largest absolute Gasteiger partial charge is 0.361 e. The molecule has 1 saturated heterocycles. The van der Waals surface area contributed by atoms with Crippen LogP contribution in [0.2, 0.25) is 0 Å². The molecule has 1 aliphatic heterocycles. The van der Waals surface area contributed by atoms with E-state index in [0.717, 1.165) is 0 Å². The number of rotatable bonds is 3. The number of piperidine rings is 1. The molecule has 24 heavy (non-hydrogen) atoms. The Kier molecular flexibility index (Phi) is 4.59. The van der Waals surface area contributed by atoms with Crippen LogP contribution in [0, 0.1) is 12.7 Å².